The number of nitrogens with zero attached hydrogens (tertiary/aromatic N) is 2. The van der Waals surface area contributed by atoms with E-state index >= 15 is 0 Å². The lowest BCUT2D eigenvalue weighted by Gasteiger charge is -2.51. The normalized spacial score (nSPS) is 19.6. The van der Waals surface area contributed by atoms with E-state index in [0.29, 0.717) is 35.8 Å². The Morgan fingerprint density at radius 3 is 2.34 bits per heavy atom. The number of aliphatic hydroxyl groups is 1. The van der Waals surface area contributed by atoms with Crippen LogP contribution >= 0.6 is 11.6 Å². The van der Waals surface area contributed by atoms with Crippen LogP contribution < -0.4 is 5.32 Å². The second kappa shape index (κ2) is 12.0. The van der Waals surface area contributed by atoms with E-state index in [2.05, 4.69) is 10.3 Å². The van der Waals surface area contributed by atoms with Crippen LogP contribution in [0.5, 0.6) is 0 Å². The van der Waals surface area contributed by atoms with E-state index in [1.165, 1.54) is 13.2 Å². The standard InChI is InChI=1S/C32H36ClN3O5/c1-20(29(38)36-15-13-32(40,31(3,4)19-36)25-9-11-26(33)12-10-25)21(2)35-28(37)23-16-22(27-8-6-7-14-34-27)17-24(18-23)30(39)41-5/h6-12,14,16-18,20-21,40H,13,15,19H2,1-5H3,(H,35,37)/t20-,21?,32+/m1/s1. The molecule has 1 aliphatic heterocycles. The molecule has 2 N–H and O–H groups in total. The Morgan fingerprint density at radius 2 is 1.73 bits per heavy atom. The Kier molecular flexibility index (Phi) is 8.85. The zero-order chi connectivity index (χ0) is 29.9. The molecule has 3 aromatic rings. The van der Waals surface area contributed by atoms with Crippen molar-refractivity contribution in [3.8, 4) is 11.3 Å². The number of hydrogen-bond donors (Lipinski definition) is 2. The summed E-state index contributed by atoms with van der Waals surface area (Å²) in [4.78, 5) is 45.3. The fraction of sp³-hybridized carbons (Fsp3) is 0.375. The molecule has 0 bridgehead atoms. The molecule has 9 heteroatoms. The van der Waals surface area contributed by atoms with Crippen molar-refractivity contribution in [1.29, 1.82) is 0 Å². The van der Waals surface area contributed by atoms with Gasteiger partial charge in [-0.1, -0.05) is 50.6 Å². The Morgan fingerprint density at radius 1 is 1.05 bits per heavy atom. The van der Waals surface area contributed by atoms with Crippen LogP contribution in [0.25, 0.3) is 11.3 Å². The number of ether oxygens (including phenoxy) is 1. The van der Waals surface area contributed by atoms with Gasteiger partial charge in [-0.05, 0) is 61.4 Å². The Hall–Kier alpha value is -3.75. The summed E-state index contributed by atoms with van der Waals surface area (Å²) < 4.78 is 4.88. The van der Waals surface area contributed by atoms with Crippen molar-refractivity contribution in [2.45, 2.75) is 45.8 Å². The quantitative estimate of drug-likeness (QED) is 0.379. The summed E-state index contributed by atoms with van der Waals surface area (Å²) in [7, 11) is 1.28. The van der Waals surface area contributed by atoms with Gasteiger partial charge in [-0.15, -0.1) is 0 Å². The average Bonchev–Trinajstić information content (AvgIpc) is 2.97. The molecule has 2 amide bonds. The lowest BCUT2D eigenvalue weighted by atomic mass is 9.66. The Balaban J connectivity index is 1.48. The number of carbonyl (C=O) groups excluding carboxylic acids is 3. The number of amides is 2. The molecule has 0 aliphatic carbocycles. The predicted octanol–water partition coefficient (Wildman–Crippen LogP) is 5.09. The highest BCUT2D eigenvalue weighted by Crippen LogP contribution is 2.46. The van der Waals surface area contributed by atoms with Crippen molar-refractivity contribution in [2.24, 2.45) is 11.3 Å². The van der Waals surface area contributed by atoms with E-state index < -0.39 is 34.9 Å². The van der Waals surface area contributed by atoms with Gasteiger partial charge in [0, 0.05) is 46.9 Å². The van der Waals surface area contributed by atoms with Gasteiger partial charge in [-0.25, -0.2) is 4.79 Å². The van der Waals surface area contributed by atoms with E-state index in [4.69, 9.17) is 16.3 Å². The Bertz CT molecular complexity index is 1430. The fourth-order valence-electron chi connectivity index (χ4n) is 5.36. The highest BCUT2D eigenvalue weighted by Gasteiger charge is 2.50. The summed E-state index contributed by atoms with van der Waals surface area (Å²) in [6.07, 6.45) is 2.00. The largest absolute Gasteiger partial charge is 0.465 e. The molecule has 0 saturated carbocycles. The number of pyridine rings is 1. The first kappa shape index (κ1) is 30.2. The second-order valence-electron chi connectivity index (χ2n) is 11.3. The number of methoxy groups -OCH3 is 1. The highest BCUT2D eigenvalue weighted by molar-refractivity contribution is 6.30. The van der Waals surface area contributed by atoms with Crippen LogP contribution in [0.1, 0.15) is 60.4 Å². The second-order valence-corrected chi connectivity index (χ2v) is 11.8. The molecule has 216 valence electrons. The van der Waals surface area contributed by atoms with E-state index in [1.54, 1.807) is 61.3 Å². The first-order valence-electron chi connectivity index (χ1n) is 13.6. The molecule has 1 aromatic heterocycles. The number of aromatic nitrogens is 1. The number of likely N-dealkylation sites (tertiary alicyclic amines) is 1. The smallest absolute Gasteiger partial charge is 0.337 e. The molecule has 1 unspecified atom stereocenters. The molecular weight excluding hydrogens is 542 g/mol. The number of carbonyl (C=O) groups is 3. The molecule has 4 rings (SSSR count). The van der Waals surface area contributed by atoms with Gasteiger partial charge < -0.3 is 20.1 Å². The molecule has 0 radical (unpaired) electrons. The molecule has 3 atom stereocenters. The van der Waals surface area contributed by atoms with Gasteiger partial charge in [-0.3, -0.25) is 14.6 Å². The van der Waals surface area contributed by atoms with Crippen LogP contribution in [0.4, 0.5) is 0 Å². The van der Waals surface area contributed by atoms with Crippen molar-refractivity contribution in [2.75, 3.05) is 20.2 Å². The van der Waals surface area contributed by atoms with Gasteiger partial charge in [0.05, 0.1) is 29.9 Å². The fourth-order valence-corrected chi connectivity index (χ4v) is 5.49. The zero-order valence-corrected chi connectivity index (χ0v) is 24.7. The Labute approximate surface area is 245 Å². The number of rotatable bonds is 7. The summed E-state index contributed by atoms with van der Waals surface area (Å²) >= 11 is 6.05. The minimum atomic E-state index is -1.12. The topological polar surface area (TPSA) is 109 Å². The SMILES string of the molecule is COC(=O)c1cc(C(=O)NC(C)[C@@H](C)C(=O)N2CC[C@](O)(c3ccc(Cl)cc3)C(C)(C)C2)cc(-c2ccccn2)c1. The number of benzene rings is 2. The maximum Gasteiger partial charge on any atom is 0.337 e. The maximum absolute atomic E-state index is 13.6. The molecular formula is C32H36ClN3O5. The number of esters is 1. The van der Waals surface area contributed by atoms with Gasteiger partial charge in [0.15, 0.2) is 0 Å². The lowest BCUT2D eigenvalue weighted by Crippen LogP contribution is -2.58. The summed E-state index contributed by atoms with van der Waals surface area (Å²) in [6.45, 7) is 8.19. The summed E-state index contributed by atoms with van der Waals surface area (Å²) in [6, 6.07) is 16.8. The minimum Gasteiger partial charge on any atom is -0.465 e. The molecule has 41 heavy (non-hydrogen) atoms. The lowest BCUT2D eigenvalue weighted by molar-refractivity contribution is -0.156. The number of piperidine rings is 1. The third-order valence-electron chi connectivity index (χ3n) is 8.16. The molecule has 8 nitrogen and oxygen atoms in total. The van der Waals surface area contributed by atoms with Gasteiger partial charge in [0.1, 0.15) is 0 Å². The number of halogens is 1. The monoisotopic (exact) mass is 577 g/mol. The average molecular weight is 578 g/mol. The zero-order valence-electron chi connectivity index (χ0n) is 24.0. The maximum atomic E-state index is 13.6. The van der Waals surface area contributed by atoms with Gasteiger partial charge >= 0.3 is 5.97 Å². The van der Waals surface area contributed by atoms with Crippen LogP contribution in [-0.4, -0.2) is 59.0 Å². The summed E-state index contributed by atoms with van der Waals surface area (Å²) in [5, 5.41) is 15.2. The number of hydrogen-bond acceptors (Lipinski definition) is 6. The third-order valence-corrected chi connectivity index (χ3v) is 8.41. The van der Waals surface area contributed by atoms with E-state index in [-0.39, 0.29) is 17.0 Å². The van der Waals surface area contributed by atoms with Crippen LogP contribution in [-0.2, 0) is 15.1 Å². The third kappa shape index (κ3) is 6.29. The van der Waals surface area contributed by atoms with E-state index in [9.17, 15) is 19.5 Å². The summed E-state index contributed by atoms with van der Waals surface area (Å²) in [5.41, 5.74) is 0.708. The van der Waals surface area contributed by atoms with Crippen LogP contribution in [0.3, 0.4) is 0 Å². The molecule has 2 aromatic carbocycles. The van der Waals surface area contributed by atoms with Crippen molar-refractivity contribution < 1.29 is 24.2 Å². The van der Waals surface area contributed by atoms with Gasteiger partial charge in [-0.2, -0.15) is 0 Å². The highest BCUT2D eigenvalue weighted by atomic mass is 35.5. The predicted molar refractivity (Wildman–Crippen MR) is 157 cm³/mol. The number of nitrogens with one attached hydrogen (secondary N) is 1. The molecule has 2 heterocycles. The van der Waals surface area contributed by atoms with Crippen molar-refractivity contribution >= 4 is 29.4 Å². The van der Waals surface area contributed by atoms with E-state index in [0.717, 1.165) is 5.56 Å². The first-order valence-corrected chi connectivity index (χ1v) is 14.0. The van der Waals surface area contributed by atoms with Gasteiger partial charge in [0.25, 0.3) is 5.91 Å². The van der Waals surface area contributed by atoms with E-state index in [1.807, 2.05) is 32.0 Å². The molecule has 1 saturated heterocycles. The van der Waals surface area contributed by atoms with Crippen LogP contribution in [0.2, 0.25) is 5.02 Å². The van der Waals surface area contributed by atoms with Crippen LogP contribution in [0, 0.1) is 11.3 Å². The van der Waals surface area contributed by atoms with Crippen molar-refractivity contribution in [3.05, 3.63) is 88.6 Å². The van der Waals surface area contributed by atoms with Gasteiger partial charge in [0.2, 0.25) is 5.91 Å². The van der Waals surface area contributed by atoms with Crippen molar-refractivity contribution in [1.82, 2.24) is 15.2 Å². The molecule has 0 spiro atoms. The van der Waals surface area contributed by atoms with Crippen molar-refractivity contribution in [3.63, 3.8) is 0 Å². The summed E-state index contributed by atoms with van der Waals surface area (Å²) in [5.74, 6) is -1.63. The minimum absolute atomic E-state index is 0.110. The van der Waals surface area contributed by atoms with Crippen LogP contribution in [0.15, 0.2) is 66.9 Å². The first-order chi connectivity index (χ1) is 19.4. The molecule has 1 fully saturated rings. The molecule has 1 aliphatic rings.